The Morgan fingerprint density at radius 1 is 1.09 bits per heavy atom. The number of aromatic nitrogens is 1. The van der Waals surface area contributed by atoms with Crippen LogP contribution in [0.4, 0.5) is 16.2 Å². The minimum absolute atomic E-state index is 0.0524. The second kappa shape index (κ2) is 8.43. The maximum absolute atomic E-state index is 12.7. The summed E-state index contributed by atoms with van der Waals surface area (Å²) in [4.78, 5) is 17.1. The van der Waals surface area contributed by atoms with Crippen LogP contribution in [-0.2, 0) is 11.8 Å². The SMILES string of the molecule is Cc1cnc(Oc2cccc3c2OC(C)(C)C3)c(NC(=O)Nc2ccc(C(C)(C)C)cc2)c1. The number of aryl methyl sites for hydroxylation is 1. The normalized spacial score (nSPS) is 14.2. The van der Waals surface area contributed by atoms with Gasteiger partial charge in [-0.15, -0.1) is 0 Å². The first-order valence-electron chi connectivity index (χ1n) is 11.1. The number of anilines is 2. The van der Waals surface area contributed by atoms with Crippen LogP contribution in [0.3, 0.4) is 0 Å². The van der Waals surface area contributed by atoms with E-state index >= 15 is 0 Å². The number of hydrogen-bond donors (Lipinski definition) is 2. The van der Waals surface area contributed by atoms with Gasteiger partial charge in [0.1, 0.15) is 11.3 Å². The first kappa shape index (κ1) is 22.6. The van der Waals surface area contributed by atoms with Crippen molar-refractivity contribution in [2.45, 2.75) is 59.0 Å². The molecule has 0 saturated carbocycles. The highest BCUT2D eigenvalue weighted by atomic mass is 16.5. The van der Waals surface area contributed by atoms with Crippen molar-refractivity contribution < 1.29 is 14.3 Å². The molecule has 6 nitrogen and oxygen atoms in total. The maximum atomic E-state index is 12.7. The number of amides is 2. The smallest absolute Gasteiger partial charge is 0.323 e. The zero-order chi connectivity index (χ0) is 23.8. The van der Waals surface area contributed by atoms with Gasteiger partial charge in [-0.05, 0) is 61.6 Å². The van der Waals surface area contributed by atoms with Crippen molar-refractivity contribution in [3.05, 3.63) is 71.4 Å². The number of benzene rings is 2. The summed E-state index contributed by atoms with van der Waals surface area (Å²) >= 11 is 0. The van der Waals surface area contributed by atoms with Gasteiger partial charge in [0.25, 0.3) is 0 Å². The summed E-state index contributed by atoms with van der Waals surface area (Å²) in [7, 11) is 0. The Labute approximate surface area is 195 Å². The van der Waals surface area contributed by atoms with E-state index in [0.29, 0.717) is 23.0 Å². The first-order valence-corrected chi connectivity index (χ1v) is 11.1. The molecule has 0 fully saturated rings. The lowest BCUT2D eigenvalue weighted by molar-refractivity contribution is 0.135. The summed E-state index contributed by atoms with van der Waals surface area (Å²) in [5.74, 6) is 1.61. The van der Waals surface area contributed by atoms with Gasteiger partial charge >= 0.3 is 6.03 Å². The molecular formula is C27H31N3O3. The Morgan fingerprint density at radius 3 is 2.52 bits per heavy atom. The summed E-state index contributed by atoms with van der Waals surface area (Å²) in [5.41, 5.74) is 4.16. The fourth-order valence-corrected chi connectivity index (χ4v) is 3.84. The van der Waals surface area contributed by atoms with Crippen molar-refractivity contribution in [2.75, 3.05) is 10.6 Å². The molecule has 0 saturated heterocycles. The fraction of sp³-hybridized carbons (Fsp3) is 0.333. The molecule has 6 heteroatoms. The van der Waals surface area contributed by atoms with Crippen molar-refractivity contribution in [3.63, 3.8) is 0 Å². The molecule has 2 N–H and O–H groups in total. The highest BCUT2D eigenvalue weighted by molar-refractivity contribution is 6.00. The van der Waals surface area contributed by atoms with Crippen LogP contribution in [-0.4, -0.2) is 16.6 Å². The van der Waals surface area contributed by atoms with Gasteiger partial charge < -0.3 is 20.1 Å². The van der Waals surface area contributed by atoms with Crippen molar-refractivity contribution in [2.24, 2.45) is 0 Å². The zero-order valence-corrected chi connectivity index (χ0v) is 20.1. The molecule has 172 valence electrons. The van der Waals surface area contributed by atoms with Crippen LogP contribution >= 0.6 is 0 Å². The Morgan fingerprint density at radius 2 is 1.82 bits per heavy atom. The molecule has 1 aliphatic rings. The van der Waals surface area contributed by atoms with E-state index in [0.717, 1.165) is 23.3 Å². The maximum Gasteiger partial charge on any atom is 0.323 e. The van der Waals surface area contributed by atoms with Crippen LogP contribution in [0.25, 0.3) is 0 Å². The molecule has 0 radical (unpaired) electrons. The summed E-state index contributed by atoms with van der Waals surface area (Å²) in [6, 6.07) is 15.1. The van der Waals surface area contributed by atoms with Crippen LogP contribution in [0.2, 0.25) is 0 Å². The molecule has 0 unspecified atom stereocenters. The van der Waals surface area contributed by atoms with Gasteiger partial charge in [-0.1, -0.05) is 45.0 Å². The minimum atomic E-state index is -0.369. The zero-order valence-electron chi connectivity index (χ0n) is 20.1. The number of nitrogens with zero attached hydrogens (tertiary/aromatic N) is 1. The Kier molecular flexibility index (Phi) is 5.78. The van der Waals surface area contributed by atoms with Crippen LogP contribution < -0.4 is 20.1 Å². The van der Waals surface area contributed by atoms with E-state index in [1.807, 2.05) is 69.3 Å². The van der Waals surface area contributed by atoms with Gasteiger partial charge in [-0.2, -0.15) is 0 Å². The summed E-state index contributed by atoms with van der Waals surface area (Å²) in [6.07, 6.45) is 2.51. The van der Waals surface area contributed by atoms with Crippen LogP contribution in [0.15, 0.2) is 54.7 Å². The third-order valence-electron chi connectivity index (χ3n) is 5.51. The molecule has 33 heavy (non-hydrogen) atoms. The lowest BCUT2D eigenvalue weighted by Gasteiger charge is -2.19. The van der Waals surface area contributed by atoms with E-state index in [1.54, 1.807) is 6.20 Å². The van der Waals surface area contributed by atoms with Crippen molar-refractivity contribution in [1.29, 1.82) is 0 Å². The number of para-hydroxylation sites is 1. The number of carbonyl (C=O) groups excluding carboxylic acids is 1. The lowest BCUT2D eigenvalue weighted by atomic mass is 9.87. The molecule has 0 bridgehead atoms. The number of nitrogens with one attached hydrogen (secondary N) is 2. The van der Waals surface area contributed by atoms with Crippen LogP contribution in [0, 0.1) is 6.92 Å². The second-order valence-corrected chi connectivity index (χ2v) is 10.2. The Hall–Kier alpha value is -3.54. The predicted molar refractivity (Wildman–Crippen MR) is 132 cm³/mol. The van der Waals surface area contributed by atoms with Gasteiger partial charge in [0.2, 0.25) is 5.88 Å². The van der Waals surface area contributed by atoms with Crippen molar-refractivity contribution >= 4 is 17.4 Å². The van der Waals surface area contributed by atoms with Crippen molar-refractivity contribution in [3.8, 4) is 17.4 Å². The number of fused-ring (bicyclic) bond motifs is 1. The number of urea groups is 1. The number of carbonyl (C=O) groups is 1. The summed E-state index contributed by atoms with van der Waals surface area (Å²) < 4.78 is 12.2. The predicted octanol–water partition coefficient (Wildman–Crippen LogP) is 6.84. The molecule has 2 aromatic carbocycles. The number of ether oxygens (including phenoxy) is 2. The topological polar surface area (TPSA) is 72.5 Å². The monoisotopic (exact) mass is 445 g/mol. The molecule has 3 aromatic rings. The van der Waals surface area contributed by atoms with E-state index in [9.17, 15) is 4.79 Å². The molecule has 0 atom stereocenters. The standard InChI is InChI=1S/C27H31N3O3/c1-17-14-21(30-25(31)29-20-12-10-19(11-13-20)26(2,3)4)24(28-16-17)32-22-9-7-8-18-15-27(5,6)33-23(18)22/h7-14,16H,15H2,1-6H3,(H2,29,30,31). The average Bonchev–Trinajstić information content (AvgIpc) is 3.04. The molecule has 2 amide bonds. The largest absolute Gasteiger partial charge is 0.483 e. The van der Waals surface area contributed by atoms with Crippen LogP contribution in [0.1, 0.15) is 51.3 Å². The van der Waals surface area contributed by atoms with Crippen LogP contribution in [0.5, 0.6) is 17.4 Å². The van der Waals surface area contributed by atoms with Gasteiger partial charge in [0, 0.05) is 23.9 Å². The van der Waals surface area contributed by atoms with Gasteiger partial charge in [0.15, 0.2) is 11.5 Å². The van der Waals surface area contributed by atoms with E-state index in [1.165, 1.54) is 5.56 Å². The Bertz CT molecular complexity index is 1180. The van der Waals surface area contributed by atoms with Gasteiger partial charge in [-0.3, -0.25) is 0 Å². The van der Waals surface area contributed by atoms with Gasteiger partial charge in [-0.25, -0.2) is 9.78 Å². The molecule has 1 aromatic heterocycles. The molecule has 1 aliphatic heterocycles. The molecular weight excluding hydrogens is 414 g/mol. The van der Waals surface area contributed by atoms with E-state index in [-0.39, 0.29) is 17.0 Å². The number of rotatable bonds is 4. The molecule has 2 heterocycles. The average molecular weight is 446 g/mol. The number of hydrogen-bond acceptors (Lipinski definition) is 4. The molecule has 4 rings (SSSR count). The molecule has 0 spiro atoms. The van der Waals surface area contributed by atoms with E-state index < -0.39 is 0 Å². The summed E-state index contributed by atoms with van der Waals surface area (Å²) in [6.45, 7) is 12.5. The highest BCUT2D eigenvalue weighted by Gasteiger charge is 2.32. The quantitative estimate of drug-likeness (QED) is 0.461. The number of pyridine rings is 1. The third-order valence-corrected chi connectivity index (χ3v) is 5.51. The van der Waals surface area contributed by atoms with Crippen molar-refractivity contribution in [1.82, 2.24) is 4.98 Å². The fourth-order valence-electron chi connectivity index (χ4n) is 3.84. The van der Waals surface area contributed by atoms with E-state index in [2.05, 4.69) is 36.4 Å². The second-order valence-electron chi connectivity index (χ2n) is 10.2. The van der Waals surface area contributed by atoms with Gasteiger partial charge in [0.05, 0.1) is 0 Å². The highest BCUT2D eigenvalue weighted by Crippen LogP contribution is 2.44. The third kappa shape index (κ3) is 5.28. The first-order chi connectivity index (χ1) is 15.5. The Balaban J connectivity index is 1.52. The molecule has 0 aliphatic carbocycles. The van der Waals surface area contributed by atoms with E-state index in [4.69, 9.17) is 9.47 Å². The lowest BCUT2D eigenvalue weighted by Crippen LogP contribution is -2.24. The minimum Gasteiger partial charge on any atom is -0.483 e. The summed E-state index contributed by atoms with van der Waals surface area (Å²) in [5, 5.41) is 5.74.